The van der Waals surface area contributed by atoms with E-state index in [1.807, 2.05) is 30.3 Å². The van der Waals surface area contributed by atoms with Crippen LogP contribution in [0.1, 0.15) is 11.3 Å². The molecule has 114 valence electrons. The van der Waals surface area contributed by atoms with Crippen LogP contribution in [0, 0.1) is 0 Å². The Bertz CT molecular complexity index is 959. The first-order valence-electron chi connectivity index (χ1n) is 6.86. The van der Waals surface area contributed by atoms with Crippen molar-refractivity contribution >= 4 is 34.9 Å². The standard InChI is InChI=1S/C18H12ClNO3/c19-13-7-9-17-15(10-13)20-16(18(22)23-17)11-14(21)8-6-12-4-2-1-3-5-12/h1-11,21H/b8-6+,14-11-. The number of fused-ring (bicyclic) bond motifs is 1. The number of hydrogen-bond donors (Lipinski definition) is 1. The molecule has 0 radical (unpaired) electrons. The molecular formula is C18H12ClNO3. The van der Waals surface area contributed by atoms with Crippen LogP contribution >= 0.6 is 11.6 Å². The van der Waals surface area contributed by atoms with Crippen molar-refractivity contribution in [3.63, 3.8) is 0 Å². The second-order valence-electron chi connectivity index (χ2n) is 4.81. The fourth-order valence-corrected chi connectivity index (χ4v) is 2.18. The molecule has 0 atom stereocenters. The zero-order chi connectivity index (χ0) is 16.2. The number of aromatic nitrogens is 1. The summed E-state index contributed by atoms with van der Waals surface area (Å²) in [6.45, 7) is 0. The van der Waals surface area contributed by atoms with E-state index in [0.29, 0.717) is 16.1 Å². The molecule has 0 bridgehead atoms. The lowest BCUT2D eigenvalue weighted by molar-refractivity contribution is 0.437. The fourth-order valence-electron chi connectivity index (χ4n) is 2.02. The molecule has 0 fully saturated rings. The first kappa shape index (κ1) is 15.1. The highest BCUT2D eigenvalue weighted by atomic mass is 35.5. The van der Waals surface area contributed by atoms with Crippen LogP contribution in [0.2, 0.25) is 5.02 Å². The molecule has 23 heavy (non-hydrogen) atoms. The van der Waals surface area contributed by atoms with Gasteiger partial charge in [0.25, 0.3) is 0 Å². The maximum atomic E-state index is 11.9. The Morgan fingerprint density at radius 1 is 1.17 bits per heavy atom. The van der Waals surface area contributed by atoms with Gasteiger partial charge in [-0.25, -0.2) is 9.78 Å². The summed E-state index contributed by atoms with van der Waals surface area (Å²) in [5.74, 6) is -0.102. The van der Waals surface area contributed by atoms with Gasteiger partial charge in [0.15, 0.2) is 11.3 Å². The summed E-state index contributed by atoms with van der Waals surface area (Å²) in [7, 11) is 0. The molecule has 0 spiro atoms. The van der Waals surface area contributed by atoms with Gasteiger partial charge in [-0.15, -0.1) is 0 Å². The minimum atomic E-state index is -0.625. The molecule has 0 aliphatic rings. The van der Waals surface area contributed by atoms with E-state index >= 15 is 0 Å². The Hall–Kier alpha value is -2.85. The van der Waals surface area contributed by atoms with E-state index in [1.54, 1.807) is 24.3 Å². The SMILES string of the molecule is O=c1oc2ccc(Cl)cc2nc1/C=C(O)/C=C/c1ccccc1. The number of hydrogen-bond acceptors (Lipinski definition) is 4. The van der Waals surface area contributed by atoms with E-state index in [1.165, 1.54) is 12.2 Å². The number of halogens is 1. The topological polar surface area (TPSA) is 63.3 Å². The van der Waals surface area contributed by atoms with E-state index in [-0.39, 0.29) is 11.5 Å². The highest BCUT2D eigenvalue weighted by Crippen LogP contribution is 2.17. The first-order chi connectivity index (χ1) is 11.1. The number of aliphatic hydroxyl groups is 1. The molecule has 1 aromatic heterocycles. The van der Waals surface area contributed by atoms with Crippen molar-refractivity contribution in [2.45, 2.75) is 0 Å². The fraction of sp³-hybridized carbons (Fsp3) is 0. The molecule has 0 saturated carbocycles. The van der Waals surface area contributed by atoms with Crippen molar-refractivity contribution in [3.05, 3.63) is 87.1 Å². The largest absolute Gasteiger partial charge is 0.508 e. The van der Waals surface area contributed by atoms with Gasteiger partial charge in [-0.2, -0.15) is 0 Å². The van der Waals surface area contributed by atoms with Gasteiger partial charge in [-0.1, -0.05) is 48.0 Å². The van der Waals surface area contributed by atoms with Crippen LogP contribution in [0.15, 0.2) is 69.6 Å². The smallest absolute Gasteiger partial charge is 0.362 e. The lowest BCUT2D eigenvalue weighted by atomic mass is 10.2. The van der Waals surface area contributed by atoms with Gasteiger partial charge in [-0.3, -0.25) is 0 Å². The van der Waals surface area contributed by atoms with Crippen molar-refractivity contribution in [1.82, 2.24) is 4.98 Å². The van der Waals surface area contributed by atoms with Crippen molar-refractivity contribution in [2.24, 2.45) is 0 Å². The second kappa shape index (κ2) is 6.50. The number of nitrogens with zero attached hydrogens (tertiary/aromatic N) is 1. The Labute approximate surface area is 137 Å². The minimum absolute atomic E-state index is 0.00924. The van der Waals surface area contributed by atoms with E-state index in [2.05, 4.69) is 4.98 Å². The normalized spacial score (nSPS) is 12.1. The van der Waals surface area contributed by atoms with Crippen molar-refractivity contribution < 1.29 is 9.52 Å². The lowest BCUT2D eigenvalue weighted by Crippen LogP contribution is -2.06. The third-order valence-electron chi connectivity index (χ3n) is 3.10. The Morgan fingerprint density at radius 2 is 1.96 bits per heavy atom. The molecule has 1 heterocycles. The minimum Gasteiger partial charge on any atom is -0.508 e. The molecule has 2 aromatic carbocycles. The van der Waals surface area contributed by atoms with Gasteiger partial charge in [0.05, 0.1) is 0 Å². The Kier molecular flexibility index (Phi) is 4.26. The average Bonchev–Trinajstić information content (AvgIpc) is 2.55. The van der Waals surface area contributed by atoms with Crippen LogP contribution in [0.25, 0.3) is 23.3 Å². The van der Waals surface area contributed by atoms with E-state index in [9.17, 15) is 9.90 Å². The molecule has 0 aliphatic heterocycles. The molecule has 1 N–H and O–H groups in total. The summed E-state index contributed by atoms with van der Waals surface area (Å²) in [6, 6.07) is 14.3. The summed E-state index contributed by atoms with van der Waals surface area (Å²) < 4.78 is 5.15. The molecule has 3 aromatic rings. The van der Waals surface area contributed by atoms with Crippen LogP contribution in [0.5, 0.6) is 0 Å². The predicted molar refractivity (Wildman–Crippen MR) is 91.4 cm³/mol. The van der Waals surface area contributed by atoms with Gasteiger partial charge in [0.2, 0.25) is 0 Å². The molecule has 0 amide bonds. The van der Waals surface area contributed by atoms with E-state index in [4.69, 9.17) is 16.0 Å². The number of rotatable bonds is 3. The molecule has 3 rings (SSSR count). The van der Waals surface area contributed by atoms with Crippen LogP contribution in [-0.2, 0) is 0 Å². The van der Waals surface area contributed by atoms with Gasteiger partial charge < -0.3 is 9.52 Å². The van der Waals surface area contributed by atoms with Crippen molar-refractivity contribution in [2.75, 3.05) is 0 Å². The molecule has 4 nitrogen and oxygen atoms in total. The summed E-state index contributed by atoms with van der Waals surface area (Å²) >= 11 is 5.90. The summed E-state index contributed by atoms with van der Waals surface area (Å²) in [4.78, 5) is 16.1. The van der Waals surface area contributed by atoms with E-state index < -0.39 is 5.63 Å². The molecule has 0 unspecified atom stereocenters. The van der Waals surface area contributed by atoms with Crippen LogP contribution in [0.3, 0.4) is 0 Å². The summed E-state index contributed by atoms with van der Waals surface area (Å²) in [5, 5.41) is 10.4. The maximum Gasteiger partial charge on any atom is 0.362 e. The molecule has 0 saturated heterocycles. The maximum absolute atomic E-state index is 11.9. The van der Waals surface area contributed by atoms with Gasteiger partial charge in [-0.05, 0) is 29.8 Å². The number of benzene rings is 2. The Morgan fingerprint density at radius 3 is 2.74 bits per heavy atom. The third-order valence-corrected chi connectivity index (χ3v) is 3.34. The van der Waals surface area contributed by atoms with Crippen LogP contribution < -0.4 is 5.63 Å². The predicted octanol–water partition coefficient (Wildman–Crippen LogP) is 4.45. The van der Waals surface area contributed by atoms with Crippen molar-refractivity contribution in [1.29, 1.82) is 0 Å². The number of aliphatic hydroxyl groups excluding tert-OH is 1. The summed E-state index contributed by atoms with van der Waals surface area (Å²) in [6.07, 6.45) is 4.47. The third kappa shape index (κ3) is 3.67. The van der Waals surface area contributed by atoms with E-state index in [0.717, 1.165) is 5.56 Å². The average molecular weight is 326 g/mol. The first-order valence-corrected chi connectivity index (χ1v) is 7.24. The quantitative estimate of drug-likeness (QED) is 0.570. The molecule has 0 aliphatic carbocycles. The monoisotopic (exact) mass is 325 g/mol. The van der Waals surface area contributed by atoms with Crippen LogP contribution in [-0.4, -0.2) is 10.1 Å². The second-order valence-corrected chi connectivity index (χ2v) is 5.25. The number of allylic oxidation sites excluding steroid dienone is 1. The van der Waals surface area contributed by atoms with Gasteiger partial charge >= 0.3 is 5.63 Å². The lowest BCUT2D eigenvalue weighted by Gasteiger charge is -1.99. The Balaban J connectivity index is 1.94. The van der Waals surface area contributed by atoms with Crippen molar-refractivity contribution in [3.8, 4) is 0 Å². The molecular weight excluding hydrogens is 314 g/mol. The highest BCUT2D eigenvalue weighted by molar-refractivity contribution is 6.31. The zero-order valence-corrected chi connectivity index (χ0v) is 12.7. The van der Waals surface area contributed by atoms with Gasteiger partial charge in [0.1, 0.15) is 11.3 Å². The zero-order valence-electron chi connectivity index (χ0n) is 11.9. The van der Waals surface area contributed by atoms with Crippen LogP contribution in [0.4, 0.5) is 0 Å². The molecule has 5 heteroatoms. The van der Waals surface area contributed by atoms with Gasteiger partial charge in [0, 0.05) is 11.1 Å². The summed E-state index contributed by atoms with van der Waals surface area (Å²) in [5.41, 5.74) is 1.10. The highest BCUT2D eigenvalue weighted by Gasteiger charge is 2.06.